The molecule has 128 valence electrons. The molecule has 0 aliphatic heterocycles. The Labute approximate surface area is 139 Å². The highest BCUT2D eigenvalue weighted by molar-refractivity contribution is 7.92. The number of hydrogen-bond acceptors (Lipinski definition) is 4. The number of likely N-dealkylation sites (N-methyl/N-ethyl adjacent to an activating group) is 1. The first-order valence-corrected chi connectivity index (χ1v) is 8.48. The standard InChI is InChI=1S/C16H17FN2O4S/c1-19(23-2)16(20)11-12-3-7-14(8-4-12)18-24(21,22)15-9-5-13(17)6-10-15/h3-10,18H,11H2,1-2H3. The minimum Gasteiger partial charge on any atom is -0.280 e. The predicted octanol–water partition coefficient (Wildman–Crippen LogP) is 2.19. The highest BCUT2D eigenvalue weighted by Crippen LogP contribution is 2.17. The number of amides is 1. The van der Waals surface area contributed by atoms with Crippen LogP contribution in [0.1, 0.15) is 5.56 Å². The van der Waals surface area contributed by atoms with E-state index in [9.17, 15) is 17.6 Å². The highest BCUT2D eigenvalue weighted by Gasteiger charge is 2.14. The summed E-state index contributed by atoms with van der Waals surface area (Å²) in [4.78, 5) is 16.5. The van der Waals surface area contributed by atoms with E-state index >= 15 is 0 Å². The molecular formula is C16H17FN2O4S. The van der Waals surface area contributed by atoms with E-state index < -0.39 is 15.8 Å². The SMILES string of the molecule is CON(C)C(=O)Cc1ccc(NS(=O)(=O)c2ccc(F)cc2)cc1. The number of anilines is 1. The van der Waals surface area contributed by atoms with Gasteiger partial charge in [0.2, 0.25) is 5.91 Å². The van der Waals surface area contributed by atoms with Crippen LogP contribution < -0.4 is 4.72 Å². The van der Waals surface area contributed by atoms with Crippen molar-refractivity contribution in [3.05, 3.63) is 59.9 Å². The first-order valence-electron chi connectivity index (χ1n) is 7.00. The smallest absolute Gasteiger partial charge is 0.261 e. The second kappa shape index (κ2) is 7.41. The van der Waals surface area contributed by atoms with E-state index in [1.54, 1.807) is 24.3 Å². The first kappa shape index (κ1) is 17.9. The van der Waals surface area contributed by atoms with Gasteiger partial charge in [-0.25, -0.2) is 17.9 Å². The first-order chi connectivity index (χ1) is 11.3. The number of sulfonamides is 1. The molecule has 0 radical (unpaired) electrons. The number of hydrogen-bond donors (Lipinski definition) is 1. The lowest BCUT2D eigenvalue weighted by molar-refractivity contribution is -0.167. The van der Waals surface area contributed by atoms with E-state index in [-0.39, 0.29) is 17.2 Å². The third-order valence-electron chi connectivity index (χ3n) is 3.31. The van der Waals surface area contributed by atoms with Crippen molar-refractivity contribution in [2.75, 3.05) is 18.9 Å². The van der Waals surface area contributed by atoms with Crippen molar-refractivity contribution in [3.63, 3.8) is 0 Å². The zero-order valence-electron chi connectivity index (χ0n) is 13.2. The number of halogens is 1. The van der Waals surface area contributed by atoms with E-state index in [4.69, 9.17) is 4.84 Å². The number of benzene rings is 2. The second-order valence-electron chi connectivity index (χ2n) is 5.01. The van der Waals surface area contributed by atoms with Crippen molar-refractivity contribution in [1.82, 2.24) is 5.06 Å². The van der Waals surface area contributed by atoms with Gasteiger partial charge in [-0.3, -0.25) is 14.4 Å². The van der Waals surface area contributed by atoms with Crippen LogP contribution in [-0.2, 0) is 26.1 Å². The molecule has 0 bridgehead atoms. The molecule has 24 heavy (non-hydrogen) atoms. The lowest BCUT2D eigenvalue weighted by Gasteiger charge is -2.13. The van der Waals surface area contributed by atoms with E-state index in [0.717, 1.165) is 17.2 Å². The monoisotopic (exact) mass is 352 g/mol. The molecule has 6 nitrogen and oxygen atoms in total. The van der Waals surface area contributed by atoms with E-state index in [0.29, 0.717) is 11.3 Å². The number of nitrogens with one attached hydrogen (secondary N) is 1. The fraction of sp³-hybridized carbons (Fsp3) is 0.188. The Morgan fingerprint density at radius 3 is 2.25 bits per heavy atom. The van der Waals surface area contributed by atoms with Gasteiger partial charge in [-0.1, -0.05) is 12.1 Å². The second-order valence-corrected chi connectivity index (χ2v) is 6.69. The summed E-state index contributed by atoms with van der Waals surface area (Å²) >= 11 is 0. The lowest BCUT2D eigenvalue weighted by atomic mass is 10.1. The maximum Gasteiger partial charge on any atom is 0.261 e. The third-order valence-corrected chi connectivity index (χ3v) is 4.71. The molecule has 0 spiro atoms. The molecule has 0 fully saturated rings. The van der Waals surface area contributed by atoms with Gasteiger partial charge in [0.1, 0.15) is 5.82 Å². The molecule has 0 unspecified atom stereocenters. The zero-order chi connectivity index (χ0) is 17.7. The van der Waals surface area contributed by atoms with Gasteiger partial charge in [0.05, 0.1) is 18.4 Å². The molecule has 0 saturated carbocycles. The quantitative estimate of drug-likeness (QED) is 0.809. The molecule has 0 aliphatic rings. The molecule has 0 aliphatic carbocycles. The average Bonchev–Trinajstić information content (AvgIpc) is 2.56. The van der Waals surface area contributed by atoms with Gasteiger partial charge in [0.15, 0.2) is 0 Å². The minimum atomic E-state index is -3.80. The Morgan fingerprint density at radius 1 is 1.12 bits per heavy atom. The van der Waals surface area contributed by atoms with Gasteiger partial charge >= 0.3 is 0 Å². The molecule has 0 heterocycles. The predicted molar refractivity (Wildman–Crippen MR) is 87.1 cm³/mol. The van der Waals surface area contributed by atoms with Gasteiger partial charge in [-0.2, -0.15) is 0 Å². The summed E-state index contributed by atoms with van der Waals surface area (Å²) in [5, 5.41) is 1.12. The number of carbonyl (C=O) groups is 1. The molecule has 0 aromatic heterocycles. The highest BCUT2D eigenvalue weighted by atomic mass is 32.2. The van der Waals surface area contributed by atoms with Crippen LogP contribution in [0.2, 0.25) is 0 Å². The summed E-state index contributed by atoms with van der Waals surface area (Å²) < 4.78 is 39.7. The van der Waals surface area contributed by atoms with Gasteiger partial charge in [0, 0.05) is 12.7 Å². The van der Waals surface area contributed by atoms with Crippen molar-refractivity contribution in [3.8, 4) is 0 Å². The van der Waals surface area contributed by atoms with Gasteiger partial charge in [-0.05, 0) is 42.0 Å². The van der Waals surface area contributed by atoms with Crippen molar-refractivity contribution < 1.29 is 22.4 Å². The molecule has 1 amide bonds. The van der Waals surface area contributed by atoms with Crippen molar-refractivity contribution in [2.45, 2.75) is 11.3 Å². The van der Waals surface area contributed by atoms with Crippen LogP contribution in [0.15, 0.2) is 53.4 Å². The zero-order valence-corrected chi connectivity index (χ0v) is 14.0. The molecule has 2 aromatic rings. The minimum absolute atomic E-state index is 0.0372. The van der Waals surface area contributed by atoms with E-state index in [1.807, 2.05) is 0 Å². The average molecular weight is 352 g/mol. The fourth-order valence-electron chi connectivity index (χ4n) is 1.91. The van der Waals surface area contributed by atoms with Gasteiger partial charge in [-0.15, -0.1) is 0 Å². The number of nitrogens with zero attached hydrogens (tertiary/aromatic N) is 1. The van der Waals surface area contributed by atoms with E-state index in [2.05, 4.69) is 4.72 Å². The maximum absolute atomic E-state index is 12.9. The number of rotatable bonds is 6. The van der Waals surface area contributed by atoms with Crippen LogP contribution in [-0.4, -0.2) is 33.5 Å². The Morgan fingerprint density at radius 2 is 1.71 bits per heavy atom. The van der Waals surface area contributed by atoms with Crippen molar-refractivity contribution >= 4 is 21.6 Å². The number of hydroxylamine groups is 2. The molecule has 2 aromatic carbocycles. The summed E-state index contributed by atoms with van der Waals surface area (Å²) in [5.41, 5.74) is 1.06. The van der Waals surface area contributed by atoms with Crippen molar-refractivity contribution in [2.24, 2.45) is 0 Å². The van der Waals surface area contributed by atoms with Crippen molar-refractivity contribution in [1.29, 1.82) is 0 Å². The molecule has 8 heteroatoms. The maximum atomic E-state index is 12.9. The number of carbonyl (C=O) groups excluding carboxylic acids is 1. The molecule has 2 rings (SSSR count). The van der Waals surface area contributed by atoms with Gasteiger partial charge in [0.25, 0.3) is 10.0 Å². The summed E-state index contributed by atoms with van der Waals surface area (Å²) in [5.74, 6) is -0.735. The summed E-state index contributed by atoms with van der Waals surface area (Å²) in [6, 6.07) is 10.9. The Hall–Kier alpha value is -2.45. The normalized spacial score (nSPS) is 11.1. The molecule has 0 atom stereocenters. The Kier molecular flexibility index (Phi) is 5.53. The van der Waals surface area contributed by atoms with Crippen LogP contribution in [0.25, 0.3) is 0 Å². The van der Waals surface area contributed by atoms with Crippen LogP contribution in [0.4, 0.5) is 10.1 Å². The summed E-state index contributed by atoms with van der Waals surface area (Å²) in [7, 11) is -0.894. The summed E-state index contributed by atoms with van der Waals surface area (Å²) in [6.45, 7) is 0. The summed E-state index contributed by atoms with van der Waals surface area (Å²) in [6.07, 6.45) is 0.134. The third kappa shape index (κ3) is 4.53. The topological polar surface area (TPSA) is 75.7 Å². The molecular weight excluding hydrogens is 335 g/mol. The van der Waals surface area contributed by atoms with Crippen LogP contribution in [0.5, 0.6) is 0 Å². The van der Waals surface area contributed by atoms with Gasteiger partial charge < -0.3 is 0 Å². The van der Waals surface area contributed by atoms with Crippen LogP contribution in [0.3, 0.4) is 0 Å². The Bertz CT molecular complexity index is 805. The van der Waals surface area contributed by atoms with Crippen LogP contribution >= 0.6 is 0 Å². The Balaban J connectivity index is 2.08. The molecule has 1 N–H and O–H groups in total. The van der Waals surface area contributed by atoms with Crippen LogP contribution in [0, 0.1) is 5.82 Å². The largest absolute Gasteiger partial charge is 0.280 e. The molecule has 0 saturated heterocycles. The lowest BCUT2D eigenvalue weighted by Crippen LogP contribution is -2.26. The fourth-order valence-corrected chi connectivity index (χ4v) is 2.96. The van der Waals surface area contributed by atoms with E-state index in [1.165, 1.54) is 26.3 Å².